The van der Waals surface area contributed by atoms with Crippen LogP contribution in [0.2, 0.25) is 0 Å². The van der Waals surface area contributed by atoms with Crippen molar-refractivity contribution in [1.29, 1.82) is 0 Å². The van der Waals surface area contributed by atoms with Gasteiger partial charge in [0.2, 0.25) is 0 Å². The van der Waals surface area contributed by atoms with E-state index in [0.29, 0.717) is 4.68 Å². The number of benzene rings is 2. The first kappa shape index (κ1) is 21.8. The van der Waals surface area contributed by atoms with Gasteiger partial charge in [0.25, 0.3) is 11.5 Å². The molecule has 0 bridgehead atoms. The van der Waals surface area contributed by atoms with Crippen molar-refractivity contribution in [2.75, 3.05) is 11.5 Å². The lowest BCUT2D eigenvalue weighted by atomic mass is 10.0. The molecule has 0 aliphatic carbocycles. The molecule has 1 atom stereocenters. The maximum atomic E-state index is 14.1. The molecule has 0 aliphatic rings. The van der Waals surface area contributed by atoms with E-state index in [1.54, 1.807) is 0 Å². The zero-order valence-corrected chi connectivity index (χ0v) is 16.1. The van der Waals surface area contributed by atoms with E-state index in [2.05, 4.69) is 10.4 Å². The zero-order valence-electron chi connectivity index (χ0n) is 16.1. The summed E-state index contributed by atoms with van der Waals surface area (Å²) in [6, 6.07) is 8.21. The molecule has 0 aliphatic heterocycles. The number of hydrogen-bond donors (Lipinski definition) is 3. The van der Waals surface area contributed by atoms with Crippen molar-refractivity contribution in [1.82, 2.24) is 15.1 Å². The number of anilines is 2. The molecule has 2 aromatic carbocycles. The van der Waals surface area contributed by atoms with Crippen LogP contribution in [0.25, 0.3) is 5.69 Å². The molecule has 3 rings (SSSR count). The van der Waals surface area contributed by atoms with Crippen molar-refractivity contribution >= 4 is 17.3 Å². The SMILES string of the molecule is CC(NC(=O)c1nn(-c2ccccc2F)c(=O)cc1N)c1cc(N)cc(C(F)(F)F)c1. The molecule has 0 spiro atoms. The lowest BCUT2D eigenvalue weighted by Gasteiger charge is -2.18. The Labute approximate surface area is 173 Å². The number of para-hydroxylation sites is 1. The molecule has 162 valence electrons. The van der Waals surface area contributed by atoms with Crippen LogP contribution in [-0.4, -0.2) is 15.7 Å². The van der Waals surface area contributed by atoms with Gasteiger partial charge in [0.15, 0.2) is 5.69 Å². The number of nitrogens with zero attached hydrogens (tertiary/aromatic N) is 2. The second kappa shape index (κ2) is 8.09. The zero-order chi connectivity index (χ0) is 22.9. The molecule has 31 heavy (non-hydrogen) atoms. The van der Waals surface area contributed by atoms with E-state index in [-0.39, 0.29) is 22.6 Å². The van der Waals surface area contributed by atoms with E-state index in [9.17, 15) is 27.2 Å². The minimum absolute atomic E-state index is 0.0988. The van der Waals surface area contributed by atoms with Crippen molar-refractivity contribution in [3.63, 3.8) is 0 Å². The van der Waals surface area contributed by atoms with Crippen molar-refractivity contribution in [2.45, 2.75) is 19.1 Å². The fourth-order valence-corrected chi connectivity index (χ4v) is 2.88. The van der Waals surface area contributed by atoms with Gasteiger partial charge in [0, 0.05) is 11.8 Å². The van der Waals surface area contributed by atoms with Gasteiger partial charge in [-0.25, -0.2) is 4.39 Å². The van der Waals surface area contributed by atoms with Crippen molar-refractivity contribution < 1.29 is 22.4 Å². The monoisotopic (exact) mass is 435 g/mol. The van der Waals surface area contributed by atoms with E-state index in [1.165, 1.54) is 31.2 Å². The molecule has 1 amide bonds. The second-order valence-electron chi connectivity index (χ2n) is 6.73. The largest absolute Gasteiger partial charge is 0.416 e. The second-order valence-corrected chi connectivity index (χ2v) is 6.73. The minimum atomic E-state index is -4.62. The van der Waals surface area contributed by atoms with Gasteiger partial charge in [0.1, 0.15) is 11.5 Å². The topological polar surface area (TPSA) is 116 Å². The number of hydrogen-bond acceptors (Lipinski definition) is 5. The van der Waals surface area contributed by atoms with E-state index >= 15 is 0 Å². The Morgan fingerprint density at radius 2 is 1.81 bits per heavy atom. The molecular formula is C20H17F4N5O2. The summed E-state index contributed by atoms with van der Waals surface area (Å²) in [4.78, 5) is 24.9. The van der Waals surface area contributed by atoms with Crippen molar-refractivity contribution in [3.8, 4) is 5.69 Å². The fraction of sp³-hybridized carbons (Fsp3) is 0.150. The van der Waals surface area contributed by atoms with Gasteiger partial charge >= 0.3 is 6.18 Å². The standard InChI is InChI=1S/C20H17F4N5O2/c1-10(11-6-12(20(22,23)24)8-13(25)7-11)27-19(31)18-15(26)9-17(30)29(28-18)16-5-3-2-4-14(16)21/h2-10H,25-26H2,1H3,(H,27,31). The summed E-state index contributed by atoms with van der Waals surface area (Å²) in [6.45, 7) is 1.44. The summed E-state index contributed by atoms with van der Waals surface area (Å²) in [5.41, 5.74) is 8.67. The predicted molar refractivity (Wildman–Crippen MR) is 106 cm³/mol. The van der Waals surface area contributed by atoms with Crippen LogP contribution in [0.3, 0.4) is 0 Å². The summed E-state index contributed by atoms with van der Waals surface area (Å²) in [6.07, 6.45) is -4.62. The molecule has 5 N–H and O–H groups in total. The average molecular weight is 435 g/mol. The maximum Gasteiger partial charge on any atom is 0.416 e. The Kier molecular flexibility index (Phi) is 5.69. The van der Waals surface area contributed by atoms with Gasteiger partial charge in [-0.2, -0.15) is 23.0 Å². The highest BCUT2D eigenvalue weighted by Crippen LogP contribution is 2.32. The van der Waals surface area contributed by atoms with Crippen LogP contribution in [0, 0.1) is 5.82 Å². The molecule has 0 fully saturated rings. The minimum Gasteiger partial charge on any atom is -0.399 e. The number of carbonyl (C=O) groups excluding carboxylic acids is 1. The molecule has 1 unspecified atom stereocenters. The van der Waals surface area contributed by atoms with Gasteiger partial charge in [-0.15, -0.1) is 0 Å². The van der Waals surface area contributed by atoms with Crippen molar-refractivity contribution in [3.05, 3.63) is 81.5 Å². The third kappa shape index (κ3) is 4.65. The molecule has 0 saturated carbocycles. The van der Waals surface area contributed by atoms with Crippen LogP contribution in [-0.2, 0) is 6.18 Å². The number of nitrogen functional groups attached to an aromatic ring is 2. The molecule has 0 radical (unpaired) electrons. The number of amides is 1. The van der Waals surface area contributed by atoms with E-state index in [4.69, 9.17) is 11.5 Å². The third-order valence-corrected chi connectivity index (χ3v) is 4.41. The molecule has 1 aromatic heterocycles. The van der Waals surface area contributed by atoms with Gasteiger partial charge in [-0.3, -0.25) is 9.59 Å². The Bertz CT molecular complexity index is 1210. The lowest BCUT2D eigenvalue weighted by molar-refractivity contribution is -0.137. The van der Waals surface area contributed by atoms with Gasteiger partial charge in [-0.1, -0.05) is 12.1 Å². The summed E-state index contributed by atoms with van der Waals surface area (Å²) in [5.74, 6) is -1.62. The number of rotatable bonds is 4. The lowest BCUT2D eigenvalue weighted by Crippen LogP contribution is -2.32. The summed E-state index contributed by atoms with van der Waals surface area (Å²) >= 11 is 0. The summed E-state index contributed by atoms with van der Waals surface area (Å²) < 4.78 is 53.8. The Balaban J connectivity index is 1.94. The van der Waals surface area contributed by atoms with E-state index < -0.39 is 40.8 Å². The number of carbonyl (C=O) groups is 1. The van der Waals surface area contributed by atoms with Crippen LogP contribution in [0.5, 0.6) is 0 Å². The van der Waals surface area contributed by atoms with Crippen LogP contribution < -0.4 is 22.3 Å². The summed E-state index contributed by atoms with van der Waals surface area (Å²) in [5, 5.41) is 6.30. The Morgan fingerprint density at radius 3 is 2.45 bits per heavy atom. The Morgan fingerprint density at radius 1 is 1.13 bits per heavy atom. The normalized spacial score (nSPS) is 12.4. The maximum absolute atomic E-state index is 14.1. The summed E-state index contributed by atoms with van der Waals surface area (Å²) in [7, 11) is 0. The molecular weight excluding hydrogens is 418 g/mol. The van der Waals surface area contributed by atoms with E-state index in [1.807, 2.05) is 0 Å². The number of halogens is 4. The molecule has 1 heterocycles. The van der Waals surface area contributed by atoms with Crippen LogP contribution >= 0.6 is 0 Å². The number of nitrogens with one attached hydrogen (secondary N) is 1. The van der Waals surface area contributed by atoms with Gasteiger partial charge < -0.3 is 16.8 Å². The third-order valence-electron chi connectivity index (χ3n) is 4.41. The van der Waals surface area contributed by atoms with Gasteiger partial charge in [-0.05, 0) is 42.8 Å². The van der Waals surface area contributed by atoms with E-state index in [0.717, 1.165) is 24.3 Å². The van der Waals surface area contributed by atoms with Crippen molar-refractivity contribution in [2.24, 2.45) is 0 Å². The van der Waals surface area contributed by atoms with Crippen LogP contribution in [0.15, 0.2) is 53.3 Å². The predicted octanol–water partition coefficient (Wildman–Crippen LogP) is 3.05. The highest BCUT2D eigenvalue weighted by molar-refractivity contribution is 5.97. The van der Waals surface area contributed by atoms with Gasteiger partial charge in [0.05, 0.1) is 17.3 Å². The number of nitrogens with two attached hydrogens (primary N) is 2. The Hall–Kier alpha value is -3.89. The first-order valence-corrected chi connectivity index (χ1v) is 8.90. The quantitative estimate of drug-likeness (QED) is 0.430. The average Bonchev–Trinajstić information content (AvgIpc) is 2.67. The molecule has 7 nitrogen and oxygen atoms in total. The molecule has 11 heteroatoms. The number of aromatic nitrogens is 2. The fourth-order valence-electron chi connectivity index (χ4n) is 2.88. The van der Waals surface area contributed by atoms with Crippen LogP contribution in [0.1, 0.15) is 34.6 Å². The first-order chi connectivity index (χ1) is 14.5. The highest BCUT2D eigenvalue weighted by Gasteiger charge is 2.31. The first-order valence-electron chi connectivity index (χ1n) is 8.90. The highest BCUT2D eigenvalue weighted by atomic mass is 19.4. The molecule has 3 aromatic rings. The number of alkyl halides is 3. The molecule has 0 saturated heterocycles. The van der Waals surface area contributed by atoms with Crippen LogP contribution in [0.4, 0.5) is 28.9 Å². The smallest absolute Gasteiger partial charge is 0.399 e.